The Hall–Kier alpha value is -1.63. The molecule has 2 heterocycles. The van der Waals surface area contributed by atoms with Gasteiger partial charge in [-0.25, -0.2) is 4.79 Å². The standard InChI is InChI=1S/C19H30N4O2/c1-2-17-3-5-18(6-4-17)20-19(24)23-11-9-21(10-12-23)7-8-22-13-15-25-16-14-22/h3-6H,2,7-16H2,1H3,(H,20,24). The third-order valence-electron chi connectivity index (χ3n) is 5.11. The molecule has 2 amide bonds. The average molecular weight is 346 g/mol. The average Bonchev–Trinajstić information content (AvgIpc) is 2.68. The predicted octanol–water partition coefficient (Wildman–Crippen LogP) is 1.73. The zero-order chi connectivity index (χ0) is 17.5. The van der Waals surface area contributed by atoms with Crippen LogP contribution in [0.3, 0.4) is 0 Å². The summed E-state index contributed by atoms with van der Waals surface area (Å²) >= 11 is 0. The molecule has 3 rings (SSSR count). The minimum absolute atomic E-state index is 0.0112. The number of piperazine rings is 1. The fourth-order valence-electron chi connectivity index (χ4n) is 3.31. The van der Waals surface area contributed by atoms with Gasteiger partial charge in [0.25, 0.3) is 0 Å². The third-order valence-corrected chi connectivity index (χ3v) is 5.11. The Bertz CT molecular complexity index is 535. The summed E-state index contributed by atoms with van der Waals surface area (Å²) < 4.78 is 5.39. The summed E-state index contributed by atoms with van der Waals surface area (Å²) in [6.45, 7) is 11.6. The molecule has 0 aliphatic carbocycles. The van der Waals surface area contributed by atoms with Crippen LogP contribution < -0.4 is 5.32 Å². The van der Waals surface area contributed by atoms with Crippen molar-refractivity contribution < 1.29 is 9.53 Å². The predicted molar refractivity (Wildman–Crippen MR) is 100 cm³/mol. The molecule has 0 bridgehead atoms. The second kappa shape index (κ2) is 9.17. The molecular formula is C19H30N4O2. The Morgan fingerprint density at radius 1 is 0.960 bits per heavy atom. The molecule has 1 N–H and O–H groups in total. The van der Waals surface area contributed by atoms with Crippen molar-refractivity contribution in [3.05, 3.63) is 29.8 Å². The van der Waals surface area contributed by atoms with Crippen LogP contribution in [0, 0.1) is 0 Å². The summed E-state index contributed by atoms with van der Waals surface area (Å²) in [6, 6.07) is 8.11. The molecule has 2 saturated heterocycles. The molecule has 0 radical (unpaired) electrons. The molecule has 0 atom stereocenters. The lowest BCUT2D eigenvalue weighted by atomic mass is 10.1. The van der Waals surface area contributed by atoms with Crippen LogP contribution in [-0.4, -0.2) is 86.3 Å². The first-order valence-electron chi connectivity index (χ1n) is 9.42. The topological polar surface area (TPSA) is 48.1 Å². The summed E-state index contributed by atoms with van der Waals surface area (Å²) in [4.78, 5) is 19.2. The quantitative estimate of drug-likeness (QED) is 0.882. The van der Waals surface area contributed by atoms with Crippen molar-refractivity contribution in [2.45, 2.75) is 13.3 Å². The number of morpholine rings is 1. The van der Waals surface area contributed by atoms with E-state index in [4.69, 9.17) is 4.74 Å². The zero-order valence-corrected chi connectivity index (χ0v) is 15.2. The number of benzene rings is 1. The van der Waals surface area contributed by atoms with Crippen LogP contribution in [0.15, 0.2) is 24.3 Å². The fourth-order valence-corrected chi connectivity index (χ4v) is 3.31. The molecule has 138 valence electrons. The Morgan fingerprint density at radius 3 is 2.16 bits per heavy atom. The summed E-state index contributed by atoms with van der Waals surface area (Å²) in [6.07, 6.45) is 1.01. The van der Waals surface area contributed by atoms with Gasteiger partial charge >= 0.3 is 6.03 Å². The highest BCUT2D eigenvalue weighted by Crippen LogP contribution is 2.12. The van der Waals surface area contributed by atoms with Crippen LogP contribution in [0.25, 0.3) is 0 Å². The Labute approximate surface area is 150 Å². The van der Waals surface area contributed by atoms with E-state index in [0.29, 0.717) is 0 Å². The van der Waals surface area contributed by atoms with Gasteiger partial charge in [0.2, 0.25) is 0 Å². The highest BCUT2D eigenvalue weighted by molar-refractivity contribution is 5.89. The van der Waals surface area contributed by atoms with Gasteiger partial charge in [-0.15, -0.1) is 0 Å². The number of nitrogens with one attached hydrogen (secondary N) is 1. The van der Waals surface area contributed by atoms with E-state index in [2.05, 4.69) is 34.2 Å². The van der Waals surface area contributed by atoms with E-state index in [0.717, 1.165) is 77.7 Å². The molecule has 2 fully saturated rings. The number of anilines is 1. The van der Waals surface area contributed by atoms with Crippen molar-refractivity contribution in [2.75, 3.05) is 70.9 Å². The smallest absolute Gasteiger partial charge is 0.321 e. The number of hydrogen-bond acceptors (Lipinski definition) is 4. The molecule has 25 heavy (non-hydrogen) atoms. The molecule has 0 aromatic heterocycles. The lowest BCUT2D eigenvalue weighted by molar-refractivity contribution is 0.0311. The lowest BCUT2D eigenvalue weighted by Crippen LogP contribution is -2.51. The van der Waals surface area contributed by atoms with Crippen LogP contribution in [0.5, 0.6) is 0 Å². The van der Waals surface area contributed by atoms with Crippen LogP contribution >= 0.6 is 0 Å². The number of aryl methyl sites for hydroxylation is 1. The molecule has 2 aliphatic heterocycles. The van der Waals surface area contributed by atoms with E-state index < -0.39 is 0 Å². The summed E-state index contributed by atoms with van der Waals surface area (Å²) in [5.74, 6) is 0. The molecule has 0 unspecified atom stereocenters. The van der Waals surface area contributed by atoms with Gasteiger partial charge in [-0.2, -0.15) is 0 Å². The van der Waals surface area contributed by atoms with E-state index in [9.17, 15) is 4.79 Å². The maximum Gasteiger partial charge on any atom is 0.321 e. The maximum atomic E-state index is 12.4. The van der Waals surface area contributed by atoms with E-state index in [1.165, 1.54) is 5.56 Å². The first-order valence-corrected chi connectivity index (χ1v) is 9.42. The lowest BCUT2D eigenvalue weighted by Gasteiger charge is -2.36. The normalized spacial score (nSPS) is 19.8. The number of hydrogen-bond donors (Lipinski definition) is 1. The SMILES string of the molecule is CCc1ccc(NC(=O)N2CCN(CCN3CCOCC3)CC2)cc1. The molecule has 0 saturated carbocycles. The molecule has 6 nitrogen and oxygen atoms in total. The van der Waals surface area contributed by atoms with Crippen molar-refractivity contribution in [3.8, 4) is 0 Å². The number of carbonyl (C=O) groups is 1. The molecule has 6 heteroatoms. The van der Waals surface area contributed by atoms with Gasteiger partial charge in [0.15, 0.2) is 0 Å². The Kier molecular flexibility index (Phi) is 6.67. The van der Waals surface area contributed by atoms with Crippen LogP contribution in [0.1, 0.15) is 12.5 Å². The summed E-state index contributed by atoms with van der Waals surface area (Å²) in [5, 5.41) is 3.01. The molecular weight excluding hydrogens is 316 g/mol. The summed E-state index contributed by atoms with van der Waals surface area (Å²) in [5.41, 5.74) is 2.16. The fraction of sp³-hybridized carbons (Fsp3) is 0.632. The van der Waals surface area contributed by atoms with Gasteiger partial charge < -0.3 is 15.0 Å². The highest BCUT2D eigenvalue weighted by Gasteiger charge is 2.21. The van der Waals surface area contributed by atoms with Crippen LogP contribution in [-0.2, 0) is 11.2 Å². The van der Waals surface area contributed by atoms with Crippen molar-refractivity contribution in [1.29, 1.82) is 0 Å². The van der Waals surface area contributed by atoms with E-state index in [1.807, 2.05) is 17.0 Å². The summed E-state index contributed by atoms with van der Waals surface area (Å²) in [7, 11) is 0. The molecule has 1 aromatic carbocycles. The molecule has 1 aromatic rings. The minimum Gasteiger partial charge on any atom is -0.379 e. The van der Waals surface area contributed by atoms with E-state index in [-0.39, 0.29) is 6.03 Å². The van der Waals surface area contributed by atoms with E-state index in [1.54, 1.807) is 0 Å². The largest absolute Gasteiger partial charge is 0.379 e. The van der Waals surface area contributed by atoms with Crippen LogP contribution in [0.2, 0.25) is 0 Å². The number of ether oxygens (including phenoxy) is 1. The van der Waals surface area contributed by atoms with Gasteiger partial charge in [0, 0.05) is 58.0 Å². The maximum absolute atomic E-state index is 12.4. The third kappa shape index (κ3) is 5.42. The second-order valence-electron chi connectivity index (χ2n) is 6.76. The molecule has 2 aliphatic rings. The Balaban J connectivity index is 1.38. The van der Waals surface area contributed by atoms with Gasteiger partial charge in [-0.3, -0.25) is 9.80 Å². The Morgan fingerprint density at radius 2 is 1.56 bits per heavy atom. The first-order chi connectivity index (χ1) is 12.2. The van der Waals surface area contributed by atoms with Crippen LogP contribution in [0.4, 0.5) is 10.5 Å². The number of rotatable bonds is 5. The van der Waals surface area contributed by atoms with Crippen molar-refractivity contribution in [1.82, 2.24) is 14.7 Å². The van der Waals surface area contributed by atoms with Crippen molar-refractivity contribution in [2.24, 2.45) is 0 Å². The first kappa shape index (κ1) is 18.2. The minimum atomic E-state index is 0.0112. The number of amides is 2. The van der Waals surface area contributed by atoms with Gasteiger partial charge in [0.05, 0.1) is 13.2 Å². The number of nitrogens with zero attached hydrogens (tertiary/aromatic N) is 3. The monoisotopic (exact) mass is 346 g/mol. The highest BCUT2D eigenvalue weighted by atomic mass is 16.5. The number of urea groups is 1. The van der Waals surface area contributed by atoms with Gasteiger partial charge in [0.1, 0.15) is 0 Å². The van der Waals surface area contributed by atoms with Crippen molar-refractivity contribution in [3.63, 3.8) is 0 Å². The van der Waals surface area contributed by atoms with Gasteiger partial charge in [-0.05, 0) is 24.1 Å². The second-order valence-corrected chi connectivity index (χ2v) is 6.76. The van der Waals surface area contributed by atoms with Gasteiger partial charge in [-0.1, -0.05) is 19.1 Å². The van der Waals surface area contributed by atoms with E-state index >= 15 is 0 Å². The van der Waals surface area contributed by atoms with Crippen molar-refractivity contribution >= 4 is 11.7 Å². The zero-order valence-electron chi connectivity index (χ0n) is 15.2. The molecule has 0 spiro atoms. The number of carbonyl (C=O) groups excluding carboxylic acids is 1.